The molecule has 0 heterocycles. The monoisotopic (exact) mass is 298 g/mol. The maximum absolute atomic E-state index is 10.6. The third kappa shape index (κ3) is 2.06. The fourth-order valence-electron chi connectivity index (χ4n) is 1.50. The van der Waals surface area contributed by atoms with Gasteiger partial charge in [-0.15, -0.1) is 0 Å². The van der Waals surface area contributed by atoms with Crippen LogP contribution in [0.15, 0.2) is 0 Å². The molecule has 4 nitrogen and oxygen atoms in total. The van der Waals surface area contributed by atoms with Crippen LogP contribution in [0.5, 0.6) is 0 Å². The van der Waals surface area contributed by atoms with Crippen molar-refractivity contribution in [2.75, 3.05) is 0 Å². The van der Waals surface area contributed by atoms with E-state index in [0.717, 1.165) is 0 Å². The van der Waals surface area contributed by atoms with Crippen molar-refractivity contribution in [3.8, 4) is 0 Å². The van der Waals surface area contributed by atoms with E-state index in [9.17, 15) is 9.59 Å². The van der Waals surface area contributed by atoms with Crippen LogP contribution < -0.4 is 0 Å². The number of rotatable bonds is 2. The standard InChI is InChI=1S/C7H10O4.Ba.2H/c8-5(9)7(6(10)11)3-1-2-4-7;;;/h1-4H2,(H,8,9)(H,10,11);;;/q;+2;2*-1. The Hall–Kier alpha value is 0.511. The van der Waals surface area contributed by atoms with Crippen LogP contribution in [0, 0.1) is 5.41 Å². The third-order valence-corrected chi connectivity index (χ3v) is 2.28. The Kier molecular flexibility index (Phi) is 4.86. The van der Waals surface area contributed by atoms with Gasteiger partial charge in [-0.3, -0.25) is 9.59 Å². The minimum atomic E-state index is -1.47. The van der Waals surface area contributed by atoms with Crippen LogP contribution in [0.25, 0.3) is 0 Å². The quantitative estimate of drug-likeness (QED) is 0.577. The summed E-state index contributed by atoms with van der Waals surface area (Å²) >= 11 is 0. The fraction of sp³-hybridized carbons (Fsp3) is 0.714. The number of aliphatic carboxylic acids is 2. The molecule has 0 amide bonds. The molecule has 0 aromatic rings. The molecule has 12 heavy (non-hydrogen) atoms. The molecule has 66 valence electrons. The maximum Gasteiger partial charge on any atom is 2.00 e. The topological polar surface area (TPSA) is 74.6 Å². The van der Waals surface area contributed by atoms with Gasteiger partial charge in [0.05, 0.1) is 0 Å². The summed E-state index contributed by atoms with van der Waals surface area (Å²) in [6.45, 7) is 0. The number of carbonyl (C=O) groups is 2. The average molecular weight is 297 g/mol. The molecule has 0 spiro atoms. The molecule has 1 saturated carbocycles. The first kappa shape index (κ1) is 12.5. The van der Waals surface area contributed by atoms with E-state index in [2.05, 4.69) is 0 Å². The van der Waals surface area contributed by atoms with Gasteiger partial charge in [-0.2, -0.15) is 0 Å². The van der Waals surface area contributed by atoms with E-state index in [1.54, 1.807) is 0 Å². The minimum absolute atomic E-state index is 0. The Balaban J connectivity index is -0.000000403. The SMILES string of the molecule is O=C(O)C1(C(=O)O)CCCC1.[Ba+2].[H-].[H-]. The van der Waals surface area contributed by atoms with Crippen molar-refractivity contribution in [3.05, 3.63) is 0 Å². The van der Waals surface area contributed by atoms with E-state index in [-0.39, 0.29) is 64.6 Å². The first-order chi connectivity index (χ1) is 5.09. The van der Waals surface area contributed by atoms with E-state index in [4.69, 9.17) is 10.2 Å². The Morgan fingerprint density at radius 1 is 1.08 bits per heavy atom. The largest absolute Gasteiger partial charge is 2.00 e. The summed E-state index contributed by atoms with van der Waals surface area (Å²) in [5, 5.41) is 17.3. The number of hydrogen-bond donors (Lipinski definition) is 2. The van der Waals surface area contributed by atoms with Crippen molar-refractivity contribution in [3.63, 3.8) is 0 Å². The molecule has 0 unspecified atom stereocenters. The van der Waals surface area contributed by atoms with Gasteiger partial charge in [0.25, 0.3) is 0 Å². The minimum Gasteiger partial charge on any atom is -1.00 e. The van der Waals surface area contributed by atoms with Crippen molar-refractivity contribution in [1.29, 1.82) is 0 Å². The van der Waals surface area contributed by atoms with E-state index in [0.29, 0.717) is 12.8 Å². The summed E-state index contributed by atoms with van der Waals surface area (Å²) in [4.78, 5) is 21.2. The van der Waals surface area contributed by atoms with Crippen molar-refractivity contribution in [2.45, 2.75) is 25.7 Å². The molecule has 0 bridgehead atoms. The molecule has 0 aromatic carbocycles. The summed E-state index contributed by atoms with van der Waals surface area (Å²) in [6.07, 6.45) is 1.96. The maximum atomic E-state index is 10.6. The molecule has 1 rings (SSSR count). The first-order valence-electron chi connectivity index (χ1n) is 3.56. The number of hydrogen-bond acceptors (Lipinski definition) is 2. The third-order valence-electron chi connectivity index (χ3n) is 2.28. The molecule has 2 N–H and O–H groups in total. The van der Waals surface area contributed by atoms with Gasteiger partial charge in [-0.1, -0.05) is 12.8 Å². The van der Waals surface area contributed by atoms with Gasteiger partial charge >= 0.3 is 60.8 Å². The van der Waals surface area contributed by atoms with Crippen LogP contribution in [-0.2, 0) is 9.59 Å². The van der Waals surface area contributed by atoms with E-state index >= 15 is 0 Å². The smallest absolute Gasteiger partial charge is 1.00 e. The fourth-order valence-corrected chi connectivity index (χ4v) is 1.50. The normalized spacial score (nSPS) is 19.7. The molecular weight excluding hydrogens is 285 g/mol. The summed E-state index contributed by atoms with van der Waals surface area (Å²) in [5.41, 5.74) is -1.47. The van der Waals surface area contributed by atoms with Gasteiger partial charge in [0.1, 0.15) is 0 Å². The molecule has 0 aliphatic heterocycles. The van der Waals surface area contributed by atoms with Crippen LogP contribution in [-0.4, -0.2) is 71.0 Å². The van der Waals surface area contributed by atoms with Crippen molar-refractivity contribution in [1.82, 2.24) is 0 Å². The molecule has 1 aliphatic rings. The summed E-state index contributed by atoms with van der Waals surface area (Å²) in [6, 6.07) is 0. The Morgan fingerprint density at radius 3 is 1.58 bits per heavy atom. The van der Waals surface area contributed by atoms with Gasteiger partial charge < -0.3 is 13.1 Å². The van der Waals surface area contributed by atoms with Gasteiger partial charge in [0.2, 0.25) is 0 Å². The van der Waals surface area contributed by atoms with Crippen LogP contribution in [0.3, 0.4) is 0 Å². The summed E-state index contributed by atoms with van der Waals surface area (Å²) in [5.74, 6) is -2.38. The second kappa shape index (κ2) is 4.67. The second-order valence-electron chi connectivity index (χ2n) is 2.90. The molecular formula is C7H12BaO4. The molecule has 0 saturated heterocycles. The van der Waals surface area contributed by atoms with Crippen LogP contribution in [0.1, 0.15) is 28.5 Å². The predicted octanol–water partition coefficient (Wildman–Crippen LogP) is 0.560. The van der Waals surface area contributed by atoms with Crippen LogP contribution >= 0.6 is 0 Å². The summed E-state index contributed by atoms with van der Waals surface area (Å²) in [7, 11) is 0. The molecule has 0 atom stereocenters. The molecule has 1 fully saturated rings. The van der Waals surface area contributed by atoms with Crippen LogP contribution in [0.2, 0.25) is 0 Å². The zero-order valence-electron chi connectivity index (χ0n) is 8.75. The molecule has 5 heteroatoms. The van der Waals surface area contributed by atoms with Crippen molar-refractivity contribution < 1.29 is 22.7 Å². The number of carboxylic acids is 2. The van der Waals surface area contributed by atoms with Gasteiger partial charge in [0, 0.05) is 0 Å². The Morgan fingerprint density at radius 2 is 1.42 bits per heavy atom. The van der Waals surface area contributed by atoms with Gasteiger partial charge in [-0.05, 0) is 12.8 Å². The zero-order valence-corrected chi connectivity index (χ0v) is 11.2. The Bertz CT molecular complexity index is 188. The van der Waals surface area contributed by atoms with E-state index in [1.807, 2.05) is 0 Å². The van der Waals surface area contributed by atoms with E-state index in [1.165, 1.54) is 0 Å². The van der Waals surface area contributed by atoms with Crippen LogP contribution in [0.4, 0.5) is 0 Å². The molecule has 0 aromatic heterocycles. The van der Waals surface area contributed by atoms with Crippen molar-refractivity contribution in [2.24, 2.45) is 5.41 Å². The van der Waals surface area contributed by atoms with Crippen molar-refractivity contribution >= 4 is 60.8 Å². The predicted molar refractivity (Wildman–Crippen MR) is 44.2 cm³/mol. The average Bonchev–Trinajstić information content (AvgIpc) is 2.34. The molecule has 0 radical (unpaired) electrons. The zero-order chi connectivity index (χ0) is 8.48. The van der Waals surface area contributed by atoms with E-state index < -0.39 is 17.4 Å². The van der Waals surface area contributed by atoms with Gasteiger partial charge in [0.15, 0.2) is 5.41 Å². The second-order valence-corrected chi connectivity index (χ2v) is 2.90. The first-order valence-corrected chi connectivity index (χ1v) is 3.56. The Labute approximate surface area is 113 Å². The number of carboxylic acid groups (broad SMARTS) is 2. The molecule has 1 aliphatic carbocycles. The van der Waals surface area contributed by atoms with Gasteiger partial charge in [-0.25, -0.2) is 0 Å². The summed E-state index contributed by atoms with van der Waals surface area (Å²) < 4.78 is 0.